The molecule has 0 aliphatic carbocycles. The molecule has 12 nitrogen and oxygen atoms in total. The van der Waals surface area contributed by atoms with E-state index in [-0.39, 0.29) is 19.6 Å². The number of hydrogen-bond donors (Lipinski definition) is 4. The van der Waals surface area contributed by atoms with Gasteiger partial charge in [-0.15, -0.1) is 5.10 Å². The third-order valence-corrected chi connectivity index (χ3v) is 3.95. The average Bonchev–Trinajstić information content (AvgIpc) is 3.03. The van der Waals surface area contributed by atoms with Crippen LogP contribution in [0, 0.1) is 0 Å². The first kappa shape index (κ1) is 21.2. The van der Waals surface area contributed by atoms with E-state index in [0.717, 1.165) is 4.68 Å². The summed E-state index contributed by atoms with van der Waals surface area (Å²) in [5.41, 5.74) is -0.848. The fourth-order valence-electron chi connectivity index (χ4n) is 2.67. The van der Waals surface area contributed by atoms with E-state index in [9.17, 15) is 30.0 Å². The molecule has 0 unspecified atom stereocenters. The van der Waals surface area contributed by atoms with Gasteiger partial charge in [0.1, 0.15) is 18.3 Å². The van der Waals surface area contributed by atoms with Crippen LogP contribution in [0.4, 0.5) is 0 Å². The highest BCUT2D eigenvalue weighted by Crippen LogP contribution is 2.28. The molecule has 1 aromatic heterocycles. The van der Waals surface area contributed by atoms with Crippen LogP contribution in [0.2, 0.25) is 0 Å². The first-order chi connectivity index (χ1) is 12.8. The molecule has 0 aromatic carbocycles. The highest BCUT2D eigenvalue weighted by molar-refractivity contribution is 6.00. The standard InChI is InChI=1S/C15H23N3O9/c1-3-25-14(23)10-11(15(24)26-4-2)18(17-16-10)13-8(21)5-7(20)12(22)9(6-19)27-13/h7-9,12-13,19-22H,3-6H2,1-2H3/t7-,8-,9-,12+,13-/m1/s1. The van der Waals surface area contributed by atoms with Crippen molar-refractivity contribution in [2.75, 3.05) is 19.8 Å². The first-order valence-electron chi connectivity index (χ1n) is 8.45. The van der Waals surface area contributed by atoms with Crippen LogP contribution >= 0.6 is 0 Å². The minimum absolute atomic E-state index is 0.00293. The molecular weight excluding hydrogens is 366 g/mol. The van der Waals surface area contributed by atoms with E-state index in [2.05, 4.69) is 10.3 Å². The smallest absolute Gasteiger partial charge is 0.361 e. The zero-order valence-corrected chi connectivity index (χ0v) is 14.9. The lowest BCUT2D eigenvalue weighted by Crippen LogP contribution is -2.40. The average molecular weight is 389 g/mol. The summed E-state index contributed by atoms with van der Waals surface area (Å²) in [7, 11) is 0. The molecule has 152 valence electrons. The maximum atomic E-state index is 12.4. The van der Waals surface area contributed by atoms with Crippen molar-refractivity contribution in [3.05, 3.63) is 11.4 Å². The van der Waals surface area contributed by atoms with Crippen molar-refractivity contribution in [2.45, 2.75) is 50.9 Å². The zero-order valence-electron chi connectivity index (χ0n) is 14.9. The number of hydrogen-bond acceptors (Lipinski definition) is 11. The number of aliphatic hydroxyl groups is 4. The maximum absolute atomic E-state index is 12.4. The Labute approximate surface area is 154 Å². The molecule has 5 atom stereocenters. The van der Waals surface area contributed by atoms with Crippen LogP contribution in [-0.2, 0) is 14.2 Å². The van der Waals surface area contributed by atoms with Gasteiger partial charge in [-0.3, -0.25) is 0 Å². The van der Waals surface area contributed by atoms with Gasteiger partial charge in [-0.2, -0.15) is 0 Å². The molecular formula is C15H23N3O9. The Hall–Kier alpha value is -2.12. The molecule has 0 saturated carbocycles. The van der Waals surface area contributed by atoms with Crippen molar-refractivity contribution in [1.82, 2.24) is 15.0 Å². The molecule has 4 N–H and O–H groups in total. The van der Waals surface area contributed by atoms with Crippen LogP contribution < -0.4 is 0 Å². The summed E-state index contributed by atoms with van der Waals surface area (Å²) in [6.45, 7) is 2.48. The van der Waals surface area contributed by atoms with Gasteiger partial charge in [-0.1, -0.05) is 5.21 Å². The molecule has 2 heterocycles. The molecule has 1 aliphatic rings. The van der Waals surface area contributed by atoms with Gasteiger partial charge in [0.2, 0.25) is 5.69 Å². The number of ether oxygens (including phenoxy) is 3. The van der Waals surface area contributed by atoms with Crippen molar-refractivity contribution >= 4 is 11.9 Å². The van der Waals surface area contributed by atoms with Gasteiger partial charge >= 0.3 is 11.9 Å². The van der Waals surface area contributed by atoms with Crippen LogP contribution in [0.25, 0.3) is 0 Å². The Morgan fingerprint density at radius 1 is 1.15 bits per heavy atom. The number of rotatable bonds is 6. The normalized spacial score (nSPS) is 28.4. The molecule has 1 saturated heterocycles. The molecule has 0 amide bonds. The van der Waals surface area contributed by atoms with Crippen LogP contribution in [0.1, 0.15) is 47.5 Å². The van der Waals surface area contributed by atoms with Crippen molar-refractivity contribution < 1.29 is 44.2 Å². The highest BCUT2D eigenvalue weighted by atomic mass is 16.6. The van der Waals surface area contributed by atoms with E-state index >= 15 is 0 Å². The van der Waals surface area contributed by atoms with Gasteiger partial charge in [0.15, 0.2) is 11.9 Å². The molecule has 1 fully saturated rings. The number of carbonyl (C=O) groups excluding carboxylic acids is 2. The summed E-state index contributed by atoms with van der Waals surface area (Å²) in [6.07, 6.45) is -7.33. The molecule has 0 bridgehead atoms. The third kappa shape index (κ3) is 4.42. The molecule has 0 spiro atoms. The van der Waals surface area contributed by atoms with Crippen molar-refractivity contribution in [3.8, 4) is 0 Å². The van der Waals surface area contributed by atoms with Gasteiger partial charge in [-0.05, 0) is 13.8 Å². The van der Waals surface area contributed by atoms with E-state index in [1.807, 2.05) is 0 Å². The van der Waals surface area contributed by atoms with Gasteiger partial charge < -0.3 is 34.6 Å². The second-order valence-corrected chi connectivity index (χ2v) is 5.78. The van der Waals surface area contributed by atoms with E-state index in [1.54, 1.807) is 13.8 Å². The Morgan fingerprint density at radius 2 is 1.78 bits per heavy atom. The predicted molar refractivity (Wildman–Crippen MR) is 85.6 cm³/mol. The summed E-state index contributed by atoms with van der Waals surface area (Å²) < 4.78 is 16.0. The summed E-state index contributed by atoms with van der Waals surface area (Å²) in [4.78, 5) is 24.4. The number of nitrogens with zero attached hydrogens (tertiary/aromatic N) is 3. The monoisotopic (exact) mass is 389 g/mol. The lowest BCUT2D eigenvalue weighted by atomic mass is 10.0. The quantitative estimate of drug-likeness (QED) is 0.396. The Bertz CT molecular complexity index is 665. The Morgan fingerprint density at radius 3 is 2.37 bits per heavy atom. The fourth-order valence-corrected chi connectivity index (χ4v) is 2.67. The highest BCUT2D eigenvalue weighted by Gasteiger charge is 2.42. The largest absolute Gasteiger partial charge is 0.461 e. The van der Waals surface area contributed by atoms with Crippen LogP contribution in [0.3, 0.4) is 0 Å². The first-order valence-corrected chi connectivity index (χ1v) is 8.45. The zero-order chi connectivity index (χ0) is 20.1. The van der Waals surface area contributed by atoms with E-state index < -0.39 is 60.6 Å². The van der Waals surface area contributed by atoms with E-state index in [1.165, 1.54) is 0 Å². The van der Waals surface area contributed by atoms with Crippen molar-refractivity contribution in [3.63, 3.8) is 0 Å². The lowest BCUT2D eigenvalue weighted by molar-refractivity contribution is -0.152. The van der Waals surface area contributed by atoms with Crippen molar-refractivity contribution in [1.29, 1.82) is 0 Å². The molecule has 0 radical (unpaired) electrons. The van der Waals surface area contributed by atoms with Crippen molar-refractivity contribution in [2.24, 2.45) is 0 Å². The van der Waals surface area contributed by atoms with Crippen LogP contribution in [-0.4, -0.2) is 91.6 Å². The van der Waals surface area contributed by atoms with Gasteiger partial charge in [0.25, 0.3) is 0 Å². The number of aromatic nitrogens is 3. The molecule has 2 rings (SSSR count). The van der Waals surface area contributed by atoms with E-state index in [4.69, 9.17) is 14.2 Å². The number of carbonyl (C=O) groups is 2. The fraction of sp³-hybridized carbons (Fsp3) is 0.733. The van der Waals surface area contributed by atoms with E-state index in [0.29, 0.717) is 0 Å². The molecule has 1 aromatic rings. The number of esters is 2. The number of aliphatic hydroxyl groups excluding tert-OH is 4. The maximum Gasteiger partial charge on any atom is 0.361 e. The summed E-state index contributed by atoms with van der Waals surface area (Å²) in [5, 5.41) is 46.9. The van der Waals surface area contributed by atoms with Gasteiger partial charge in [-0.25, -0.2) is 14.3 Å². The third-order valence-electron chi connectivity index (χ3n) is 3.95. The van der Waals surface area contributed by atoms with Gasteiger partial charge in [0.05, 0.1) is 25.9 Å². The summed E-state index contributed by atoms with van der Waals surface area (Å²) >= 11 is 0. The topological polar surface area (TPSA) is 173 Å². The Balaban J connectivity index is 2.48. The predicted octanol–water partition coefficient (Wildman–Crippen LogP) is -2.01. The minimum atomic E-state index is -1.48. The van der Waals surface area contributed by atoms with Gasteiger partial charge in [0, 0.05) is 6.42 Å². The lowest BCUT2D eigenvalue weighted by Gasteiger charge is -2.25. The summed E-state index contributed by atoms with van der Waals surface area (Å²) in [5.74, 6) is -1.87. The molecule has 27 heavy (non-hydrogen) atoms. The second-order valence-electron chi connectivity index (χ2n) is 5.78. The Kier molecular flexibility index (Phi) is 7.21. The SMILES string of the molecule is CCOC(=O)c1nnn([C@@H]2O[C@H](CO)[C@@H](O)[C@H](O)C[C@H]2O)c1C(=O)OCC. The van der Waals surface area contributed by atoms with Crippen LogP contribution in [0.15, 0.2) is 0 Å². The van der Waals surface area contributed by atoms with Crippen LogP contribution in [0.5, 0.6) is 0 Å². The minimum Gasteiger partial charge on any atom is -0.461 e. The summed E-state index contributed by atoms with van der Waals surface area (Å²) in [6, 6.07) is 0. The molecule has 12 heteroatoms. The molecule has 1 aliphatic heterocycles. The second kappa shape index (κ2) is 9.19.